The Hall–Kier alpha value is -1.36. The molecule has 0 aliphatic heterocycles. The minimum absolute atomic E-state index is 0.278. The maximum Gasteiger partial charge on any atom is 0.203 e. The summed E-state index contributed by atoms with van der Waals surface area (Å²) < 4.78 is 1.94. The Morgan fingerprint density at radius 2 is 2.21 bits per heavy atom. The van der Waals surface area contributed by atoms with Gasteiger partial charge in [-0.3, -0.25) is 4.40 Å². The second kappa shape index (κ2) is 5.33. The highest BCUT2D eigenvalue weighted by Gasteiger charge is 2.23. The van der Waals surface area contributed by atoms with Gasteiger partial charge in [-0.2, -0.15) is 0 Å². The molecule has 5 nitrogen and oxygen atoms in total. The quantitative estimate of drug-likeness (QED) is 0.878. The zero-order valence-corrected chi connectivity index (χ0v) is 11.8. The third-order valence-electron chi connectivity index (χ3n) is 3.85. The van der Waals surface area contributed by atoms with Crippen LogP contribution in [0.1, 0.15) is 31.5 Å². The zero-order valence-electron chi connectivity index (χ0n) is 11.0. The highest BCUT2D eigenvalue weighted by molar-refractivity contribution is 6.20. The Bertz CT molecular complexity index is 567. The smallest absolute Gasteiger partial charge is 0.203 e. The number of hydrogen-bond acceptors (Lipinski definition) is 4. The van der Waals surface area contributed by atoms with Crippen LogP contribution in [0, 0.1) is 12.8 Å². The number of halogens is 1. The molecule has 1 aliphatic rings. The van der Waals surface area contributed by atoms with Crippen LogP contribution in [0.5, 0.6) is 0 Å². The first-order chi connectivity index (χ1) is 9.25. The molecule has 1 N–H and O–H groups in total. The van der Waals surface area contributed by atoms with E-state index in [1.54, 1.807) is 6.20 Å². The highest BCUT2D eigenvalue weighted by atomic mass is 35.5. The highest BCUT2D eigenvalue weighted by Crippen LogP contribution is 2.28. The van der Waals surface area contributed by atoms with Gasteiger partial charge >= 0.3 is 0 Å². The van der Waals surface area contributed by atoms with E-state index in [1.807, 2.05) is 17.5 Å². The number of nitrogens with zero attached hydrogens (tertiary/aromatic N) is 4. The number of nitrogens with one attached hydrogen (secondary N) is 1. The SMILES string of the molecule is Cc1nnc2c(NCC3CCCCC3Cl)nccn12. The fraction of sp³-hybridized carbons (Fsp3) is 0.615. The van der Waals surface area contributed by atoms with Crippen molar-refractivity contribution < 1.29 is 0 Å². The van der Waals surface area contributed by atoms with Crippen LogP contribution in [-0.4, -0.2) is 31.5 Å². The molecule has 0 radical (unpaired) electrons. The predicted octanol–water partition coefficient (Wildman–Crippen LogP) is 2.64. The number of aromatic nitrogens is 4. The van der Waals surface area contributed by atoms with Crippen molar-refractivity contribution in [3.63, 3.8) is 0 Å². The second-order valence-corrected chi connectivity index (χ2v) is 5.72. The lowest BCUT2D eigenvalue weighted by Crippen LogP contribution is -2.27. The van der Waals surface area contributed by atoms with Crippen LogP contribution in [0.2, 0.25) is 0 Å². The van der Waals surface area contributed by atoms with Crippen molar-refractivity contribution in [1.82, 2.24) is 19.6 Å². The van der Waals surface area contributed by atoms with Gasteiger partial charge in [0.1, 0.15) is 5.82 Å². The Morgan fingerprint density at radius 3 is 3.05 bits per heavy atom. The Balaban J connectivity index is 1.74. The van der Waals surface area contributed by atoms with Crippen LogP contribution in [0.15, 0.2) is 12.4 Å². The van der Waals surface area contributed by atoms with E-state index in [2.05, 4.69) is 20.5 Å². The van der Waals surface area contributed by atoms with Crippen LogP contribution in [-0.2, 0) is 0 Å². The Labute approximate surface area is 117 Å². The average molecular weight is 280 g/mol. The van der Waals surface area contributed by atoms with Crippen molar-refractivity contribution in [2.75, 3.05) is 11.9 Å². The lowest BCUT2D eigenvalue weighted by Gasteiger charge is -2.27. The van der Waals surface area contributed by atoms with E-state index in [-0.39, 0.29) is 5.38 Å². The molecule has 2 atom stereocenters. The lowest BCUT2D eigenvalue weighted by molar-refractivity contribution is 0.380. The number of rotatable bonds is 3. The zero-order chi connectivity index (χ0) is 13.2. The molecule has 102 valence electrons. The van der Waals surface area contributed by atoms with Gasteiger partial charge in [-0.15, -0.1) is 21.8 Å². The molecule has 2 aromatic rings. The summed E-state index contributed by atoms with van der Waals surface area (Å²) in [7, 11) is 0. The summed E-state index contributed by atoms with van der Waals surface area (Å²) in [6, 6.07) is 0. The summed E-state index contributed by atoms with van der Waals surface area (Å²) in [5, 5.41) is 11.9. The number of aryl methyl sites for hydroxylation is 1. The lowest BCUT2D eigenvalue weighted by atomic mass is 9.89. The topological polar surface area (TPSA) is 55.1 Å². The molecule has 0 saturated heterocycles. The fourth-order valence-corrected chi connectivity index (χ4v) is 3.06. The van der Waals surface area contributed by atoms with Gasteiger partial charge in [-0.05, 0) is 25.7 Å². The molecule has 19 heavy (non-hydrogen) atoms. The molecule has 1 aliphatic carbocycles. The molecular weight excluding hydrogens is 262 g/mol. The predicted molar refractivity (Wildman–Crippen MR) is 75.6 cm³/mol. The van der Waals surface area contributed by atoms with Crippen LogP contribution in [0.3, 0.4) is 0 Å². The minimum atomic E-state index is 0.278. The van der Waals surface area contributed by atoms with Crippen molar-refractivity contribution in [3.8, 4) is 0 Å². The van der Waals surface area contributed by atoms with Crippen LogP contribution in [0.25, 0.3) is 5.65 Å². The van der Waals surface area contributed by atoms with Gasteiger partial charge < -0.3 is 5.32 Å². The van der Waals surface area contributed by atoms with Gasteiger partial charge in [0.15, 0.2) is 5.82 Å². The van der Waals surface area contributed by atoms with E-state index in [0.717, 1.165) is 30.3 Å². The molecule has 2 heterocycles. The van der Waals surface area contributed by atoms with Crippen molar-refractivity contribution >= 4 is 23.1 Å². The van der Waals surface area contributed by atoms with Gasteiger partial charge in [0, 0.05) is 24.3 Å². The summed E-state index contributed by atoms with van der Waals surface area (Å²) in [6.45, 7) is 2.78. The normalized spacial score (nSPS) is 23.7. The molecule has 1 fully saturated rings. The average Bonchev–Trinajstić information content (AvgIpc) is 2.81. The number of hydrogen-bond donors (Lipinski definition) is 1. The van der Waals surface area contributed by atoms with Crippen LogP contribution >= 0.6 is 11.6 Å². The summed E-state index contributed by atoms with van der Waals surface area (Å²) >= 11 is 6.38. The second-order valence-electron chi connectivity index (χ2n) is 5.16. The van der Waals surface area contributed by atoms with E-state index in [0.29, 0.717) is 5.92 Å². The van der Waals surface area contributed by atoms with Gasteiger partial charge in [-0.1, -0.05) is 12.8 Å². The van der Waals surface area contributed by atoms with E-state index in [9.17, 15) is 0 Å². The largest absolute Gasteiger partial charge is 0.367 e. The van der Waals surface area contributed by atoms with Gasteiger partial charge in [0.05, 0.1) is 0 Å². The van der Waals surface area contributed by atoms with Crippen molar-refractivity contribution in [3.05, 3.63) is 18.2 Å². The van der Waals surface area contributed by atoms with E-state index in [4.69, 9.17) is 11.6 Å². The van der Waals surface area contributed by atoms with Crippen LogP contribution in [0.4, 0.5) is 5.82 Å². The molecular formula is C13H18ClN5. The van der Waals surface area contributed by atoms with Crippen molar-refractivity contribution in [2.24, 2.45) is 5.92 Å². The van der Waals surface area contributed by atoms with Crippen molar-refractivity contribution in [2.45, 2.75) is 38.0 Å². The molecule has 0 spiro atoms. The molecule has 2 unspecified atom stereocenters. The molecule has 0 aromatic carbocycles. The van der Waals surface area contributed by atoms with E-state index < -0.39 is 0 Å². The summed E-state index contributed by atoms with van der Waals surface area (Å²) in [4.78, 5) is 4.35. The molecule has 3 rings (SSSR count). The Kier molecular flexibility index (Phi) is 3.55. The molecule has 6 heteroatoms. The first kappa shape index (κ1) is 12.7. The first-order valence-corrected chi connectivity index (χ1v) is 7.23. The third-order valence-corrected chi connectivity index (χ3v) is 4.42. The molecule has 0 amide bonds. The monoisotopic (exact) mass is 279 g/mol. The summed E-state index contributed by atoms with van der Waals surface area (Å²) in [6.07, 6.45) is 8.48. The maximum atomic E-state index is 6.38. The molecule has 0 bridgehead atoms. The third kappa shape index (κ3) is 2.52. The van der Waals surface area contributed by atoms with E-state index >= 15 is 0 Å². The standard InChI is InChI=1S/C13H18ClN5/c1-9-17-18-13-12(15-6-7-19(9)13)16-8-10-4-2-3-5-11(10)14/h6-7,10-11H,2-5,8H2,1H3,(H,15,16). The van der Waals surface area contributed by atoms with Crippen LogP contribution < -0.4 is 5.32 Å². The number of fused-ring (bicyclic) bond motifs is 1. The number of alkyl halides is 1. The molecule has 1 saturated carbocycles. The van der Waals surface area contributed by atoms with E-state index in [1.165, 1.54) is 19.3 Å². The first-order valence-electron chi connectivity index (χ1n) is 6.80. The maximum absolute atomic E-state index is 6.38. The van der Waals surface area contributed by atoms with Crippen molar-refractivity contribution in [1.29, 1.82) is 0 Å². The number of anilines is 1. The van der Waals surface area contributed by atoms with Gasteiger partial charge in [0.25, 0.3) is 0 Å². The summed E-state index contributed by atoms with van der Waals surface area (Å²) in [5.41, 5.74) is 0.780. The summed E-state index contributed by atoms with van der Waals surface area (Å²) in [5.74, 6) is 2.17. The molecule has 2 aromatic heterocycles. The minimum Gasteiger partial charge on any atom is -0.367 e. The fourth-order valence-electron chi connectivity index (χ4n) is 2.69. The van der Waals surface area contributed by atoms with Gasteiger partial charge in [0.2, 0.25) is 5.65 Å². The van der Waals surface area contributed by atoms with Gasteiger partial charge in [-0.25, -0.2) is 4.98 Å². The Morgan fingerprint density at radius 1 is 1.37 bits per heavy atom.